The molecular formula is C14H21ClFN3O. The minimum absolute atomic E-state index is 0.00964. The maximum atomic E-state index is 13.5. The van der Waals surface area contributed by atoms with Gasteiger partial charge in [0.2, 0.25) is 0 Å². The van der Waals surface area contributed by atoms with E-state index < -0.39 is 11.8 Å². The summed E-state index contributed by atoms with van der Waals surface area (Å²) in [7, 11) is 0. The molecule has 0 saturated carbocycles. The number of hydrogen-bond acceptors (Lipinski definition) is 2. The first-order valence-corrected chi connectivity index (χ1v) is 7.17. The first-order chi connectivity index (χ1) is 9.58. The van der Waals surface area contributed by atoms with Crippen molar-refractivity contribution in [3.05, 3.63) is 29.0 Å². The predicted octanol–water partition coefficient (Wildman–Crippen LogP) is 3.33. The smallest absolute Gasteiger partial charge is 0.319 e. The second-order valence-electron chi connectivity index (χ2n) is 4.36. The Morgan fingerprint density at radius 2 is 2.05 bits per heavy atom. The molecule has 1 aromatic rings. The fraction of sp³-hybridized carbons (Fsp3) is 0.500. The number of rotatable bonds is 7. The van der Waals surface area contributed by atoms with Crippen LogP contribution in [-0.4, -0.2) is 37.1 Å². The highest BCUT2D eigenvalue weighted by atomic mass is 35.5. The highest BCUT2D eigenvalue weighted by Crippen LogP contribution is 2.24. The summed E-state index contributed by atoms with van der Waals surface area (Å²) in [5, 5.41) is 5.29. The van der Waals surface area contributed by atoms with Crippen LogP contribution in [-0.2, 0) is 0 Å². The summed E-state index contributed by atoms with van der Waals surface area (Å²) in [5.41, 5.74) is 0.00964. The predicted molar refractivity (Wildman–Crippen MR) is 80.8 cm³/mol. The number of carbonyl (C=O) groups excluding carboxylic acids is 1. The van der Waals surface area contributed by atoms with Crippen LogP contribution in [0.15, 0.2) is 18.2 Å². The molecule has 4 nitrogen and oxygen atoms in total. The van der Waals surface area contributed by atoms with Gasteiger partial charge in [-0.1, -0.05) is 31.5 Å². The number of halogens is 2. The average molecular weight is 302 g/mol. The van der Waals surface area contributed by atoms with Crippen molar-refractivity contribution in [3.63, 3.8) is 0 Å². The third-order valence-corrected chi connectivity index (χ3v) is 3.35. The Balaban J connectivity index is 2.34. The van der Waals surface area contributed by atoms with Crippen LogP contribution in [0.2, 0.25) is 5.02 Å². The molecule has 0 saturated heterocycles. The fourth-order valence-corrected chi connectivity index (χ4v) is 2.03. The van der Waals surface area contributed by atoms with E-state index in [9.17, 15) is 9.18 Å². The molecular weight excluding hydrogens is 281 g/mol. The van der Waals surface area contributed by atoms with Gasteiger partial charge in [0.05, 0.1) is 10.7 Å². The lowest BCUT2D eigenvalue weighted by Crippen LogP contribution is -2.32. The van der Waals surface area contributed by atoms with Crippen molar-refractivity contribution in [1.29, 1.82) is 0 Å². The zero-order valence-corrected chi connectivity index (χ0v) is 12.6. The average Bonchev–Trinajstić information content (AvgIpc) is 2.43. The van der Waals surface area contributed by atoms with Gasteiger partial charge in [0.15, 0.2) is 0 Å². The molecule has 0 radical (unpaired) electrons. The normalized spacial score (nSPS) is 10.7. The molecule has 0 atom stereocenters. The Morgan fingerprint density at radius 1 is 1.35 bits per heavy atom. The Morgan fingerprint density at radius 3 is 2.65 bits per heavy atom. The summed E-state index contributed by atoms with van der Waals surface area (Å²) < 4.78 is 13.5. The number of hydrogen-bond donors (Lipinski definition) is 2. The molecule has 0 aliphatic rings. The van der Waals surface area contributed by atoms with E-state index in [1.807, 2.05) is 0 Å². The molecule has 112 valence electrons. The van der Waals surface area contributed by atoms with E-state index in [1.54, 1.807) is 0 Å². The van der Waals surface area contributed by atoms with Gasteiger partial charge in [0.1, 0.15) is 5.82 Å². The number of amides is 2. The van der Waals surface area contributed by atoms with Gasteiger partial charge < -0.3 is 15.5 Å². The summed E-state index contributed by atoms with van der Waals surface area (Å²) in [6.45, 7) is 7.65. The molecule has 1 rings (SSSR count). The molecule has 2 amide bonds. The minimum Gasteiger partial charge on any atom is -0.338 e. The molecule has 1 aromatic carbocycles. The number of nitrogens with zero attached hydrogens (tertiary/aromatic N) is 1. The lowest BCUT2D eigenvalue weighted by Gasteiger charge is -2.17. The number of para-hydroxylation sites is 1. The number of nitrogens with one attached hydrogen (secondary N) is 2. The number of benzene rings is 1. The molecule has 0 aliphatic carbocycles. The largest absolute Gasteiger partial charge is 0.338 e. The quantitative estimate of drug-likeness (QED) is 0.759. The molecule has 0 spiro atoms. The van der Waals surface area contributed by atoms with E-state index in [2.05, 4.69) is 29.4 Å². The Kier molecular flexibility index (Phi) is 7.33. The Labute approximate surface area is 124 Å². The summed E-state index contributed by atoms with van der Waals surface area (Å²) in [6.07, 6.45) is 0.847. The van der Waals surface area contributed by atoms with Gasteiger partial charge >= 0.3 is 6.03 Å². The molecule has 0 aliphatic heterocycles. The highest BCUT2D eigenvalue weighted by Gasteiger charge is 2.10. The van der Waals surface area contributed by atoms with Crippen LogP contribution in [0.5, 0.6) is 0 Å². The van der Waals surface area contributed by atoms with Crippen molar-refractivity contribution in [3.8, 4) is 0 Å². The summed E-state index contributed by atoms with van der Waals surface area (Å²) in [5.74, 6) is -0.546. The molecule has 6 heteroatoms. The van der Waals surface area contributed by atoms with E-state index in [4.69, 9.17) is 11.6 Å². The zero-order chi connectivity index (χ0) is 15.0. The Bertz CT molecular complexity index is 418. The van der Waals surface area contributed by atoms with E-state index >= 15 is 0 Å². The summed E-state index contributed by atoms with van der Waals surface area (Å²) in [6, 6.07) is 3.82. The third kappa shape index (κ3) is 5.35. The standard InChI is InChI=1S/C14H21ClFN3O/c1-3-19(4-2)10-6-9-17-14(20)18-13-11(15)7-5-8-12(13)16/h5,7-8H,3-4,6,9-10H2,1-2H3,(H2,17,18,20). The van der Waals surface area contributed by atoms with Gasteiger partial charge in [0, 0.05) is 6.54 Å². The van der Waals surface area contributed by atoms with E-state index in [1.165, 1.54) is 18.2 Å². The van der Waals surface area contributed by atoms with Gasteiger partial charge in [-0.15, -0.1) is 0 Å². The molecule has 2 N–H and O–H groups in total. The van der Waals surface area contributed by atoms with Crippen LogP contribution in [0.3, 0.4) is 0 Å². The second-order valence-corrected chi connectivity index (χ2v) is 4.77. The zero-order valence-electron chi connectivity index (χ0n) is 11.9. The first-order valence-electron chi connectivity index (χ1n) is 6.79. The number of urea groups is 1. The van der Waals surface area contributed by atoms with Gasteiger partial charge in [-0.2, -0.15) is 0 Å². The van der Waals surface area contributed by atoms with Gasteiger partial charge in [-0.3, -0.25) is 0 Å². The lowest BCUT2D eigenvalue weighted by molar-refractivity contribution is 0.250. The molecule has 0 heterocycles. The van der Waals surface area contributed by atoms with Crippen molar-refractivity contribution in [2.24, 2.45) is 0 Å². The van der Waals surface area contributed by atoms with E-state index in [0.29, 0.717) is 6.54 Å². The van der Waals surface area contributed by atoms with Crippen LogP contribution >= 0.6 is 11.6 Å². The monoisotopic (exact) mass is 301 g/mol. The van der Waals surface area contributed by atoms with E-state index in [0.717, 1.165) is 26.1 Å². The lowest BCUT2D eigenvalue weighted by atomic mass is 10.3. The topological polar surface area (TPSA) is 44.4 Å². The molecule has 0 unspecified atom stereocenters. The van der Waals surface area contributed by atoms with Crippen molar-refractivity contribution < 1.29 is 9.18 Å². The summed E-state index contributed by atoms with van der Waals surface area (Å²) >= 11 is 5.82. The molecule has 0 aromatic heterocycles. The molecule has 0 fully saturated rings. The maximum Gasteiger partial charge on any atom is 0.319 e. The van der Waals surface area contributed by atoms with Crippen LogP contribution in [0, 0.1) is 5.82 Å². The highest BCUT2D eigenvalue weighted by molar-refractivity contribution is 6.33. The fourth-order valence-electron chi connectivity index (χ4n) is 1.82. The van der Waals surface area contributed by atoms with Gasteiger partial charge in [-0.25, -0.2) is 9.18 Å². The van der Waals surface area contributed by atoms with E-state index in [-0.39, 0.29) is 10.7 Å². The SMILES string of the molecule is CCN(CC)CCCNC(=O)Nc1c(F)cccc1Cl. The first kappa shape index (κ1) is 16.7. The summed E-state index contributed by atoms with van der Waals surface area (Å²) in [4.78, 5) is 13.9. The van der Waals surface area contributed by atoms with Crippen LogP contribution in [0.25, 0.3) is 0 Å². The van der Waals surface area contributed by atoms with Crippen LogP contribution < -0.4 is 10.6 Å². The van der Waals surface area contributed by atoms with Gasteiger partial charge in [0.25, 0.3) is 0 Å². The number of carbonyl (C=O) groups is 1. The van der Waals surface area contributed by atoms with Crippen molar-refractivity contribution in [2.45, 2.75) is 20.3 Å². The second kappa shape index (κ2) is 8.76. The van der Waals surface area contributed by atoms with Crippen molar-refractivity contribution in [2.75, 3.05) is 31.5 Å². The molecule has 20 heavy (non-hydrogen) atoms. The Hall–Kier alpha value is -1.33. The van der Waals surface area contributed by atoms with Crippen molar-refractivity contribution >= 4 is 23.3 Å². The van der Waals surface area contributed by atoms with Gasteiger partial charge in [-0.05, 0) is 38.2 Å². The van der Waals surface area contributed by atoms with Crippen LogP contribution in [0.4, 0.5) is 14.9 Å². The van der Waals surface area contributed by atoms with Crippen molar-refractivity contribution in [1.82, 2.24) is 10.2 Å². The maximum absolute atomic E-state index is 13.5. The third-order valence-electron chi connectivity index (χ3n) is 3.03. The number of anilines is 1. The minimum atomic E-state index is -0.546. The molecule has 0 bridgehead atoms. The van der Waals surface area contributed by atoms with Crippen LogP contribution in [0.1, 0.15) is 20.3 Å².